The molecule has 1 heterocycles. The topological polar surface area (TPSA) is 64.1 Å². The molecule has 1 aliphatic rings. The van der Waals surface area contributed by atoms with Crippen LogP contribution < -0.4 is 24.8 Å². The van der Waals surface area contributed by atoms with E-state index in [4.69, 9.17) is 19.2 Å². The molecule has 0 spiro atoms. The molecule has 0 aliphatic carbocycles. The predicted molar refractivity (Wildman–Crippen MR) is 113 cm³/mol. The van der Waals surface area contributed by atoms with Crippen molar-refractivity contribution in [3.05, 3.63) is 47.5 Å². The minimum Gasteiger partial charge on any atom is -0.496 e. The van der Waals surface area contributed by atoms with E-state index in [1.54, 1.807) is 7.11 Å². The van der Waals surface area contributed by atoms with Crippen LogP contribution in [0.4, 0.5) is 5.69 Å². The van der Waals surface area contributed by atoms with Gasteiger partial charge in [0.15, 0.2) is 17.5 Å². The Bertz CT molecular complexity index is 821. The number of anilines is 1. The summed E-state index contributed by atoms with van der Waals surface area (Å²) >= 11 is 0. The van der Waals surface area contributed by atoms with Gasteiger partial charge in [-0.2, -0.15) is 0 Å². The van der Waals surface area contributed by atoms with Crippen molar-refractivity contribution in [2.45, 2.75) is 26.7 Å². The minimum absolute atomic E-state index is 0.652. The highest BCUT2D eigenvalue weighted by Crippen LogP contribution is 2.32. The van der Waals surface area contributed by atoms with Crippen molar-refractivity contribution in [3.8, 4) is 17.2 Å². The SMILES string of the molecule is CCNC(=NCCc1cc(C)ccc1OC)Nc1ccc2c(c1)OCCCO2. The molecule has 6 heteroatoms. The summed E-state index contributed by atoms with van der Waals surface area (Å²) in [7, 11) is 1.70. The molecule has 1 aliphatic heterocycles. The predicted octanol–water partition coefficient (Wildman–Crippen LogP) is 3.79. The van der Waals surface area contributed by atoms with E-state index >= 15 is 0 Å². The van der Waals surface area contributed by atoms with Crippen molar-refractivity contribution in [1.82, 2.24) is 5.32 Å². The highest BCUT2D eigenvalue weighted by atomic mass is 16.5. The van der Waals surface area contributed by atoms with Gasteiger partial charge in [0, 0.05) is 31.3 Å². The average molecular weight is 383 g/mol. The molecule has 2 aromatic rings. The molecule has 0 saturated heterocycles. The van der Waals surface area contributed by atoms with Gasteiger partial charge in [0.2, 0.25) is 0 Å². The number of benzene rings is 2. The summed E-state index contributed by atoms with van der Waals surface area (Å²) in [6.07, 6.45) is 1.70. The fourth-order valence-corrected chi connectivity index (χ4v) is 3.08. The second-order valence-corrected chi connectivity index (χ2v) is 6.66. The van der Waals surface area contributed by atoms with E-state index in [0.717, 1.165) is 53.8 Å². The molecule has 0 bridgehead atoms. The second-order valence-electron chi connectivity index (χ2n) is 6.66. The Morgan fingerprint density at radius 3 is 2.71 bits per heavy atom. The Kier molecular flexibility index (Phi) is 7.00. The van der Waals surface area contributed by atoms with Crippen LogP contribution in [0.1, 0.15) is 24.5 Å². The molecule has 0 fully saturated rings. The van der Waals surface area contributed by atoms with Crippen LogP contribution in [0, 0.1) is 6.92 Å². The van der Waals surface area contributed by atoms with Gasteiger partial charge < -0.3 is 24.8 Å². The molecule has 0 aromatic heterocycles. The standard InChI is InChI=1S/C22H29N3O3/c1-4-23-22(24-11-10-17-14-16(2)6-8-19(17)26-3)25-18-7-9-20-21(15-18)28-13-5-12-27-20/h6-9,14-15H,4-5,10-13H2,1-3H3,(H2,23,24,25). The summed E-state index contributed by atoms with van der Waals surface area (Å²) in [5, 5.41) is 6.63. The molecular formula is C22H29N3O3. The van der Waals surface area contributed by atoms with E-state index < -0.39 is 0 Å². The summed E-state index contributed by atoms with van der Waals surface area (Å²) < 4.78 is 16.9. The van der Waals surface area contributed by atoms with Gasteiger partial charge in [-0.1, -0.05) is 17.7 Å². The van der Waals surface area contributed by atoms with Gasteiger partial charge in [-0.15, -0.1) is 0 Å². The van der Waals surface area contributed by atoms with E-state index in [1.807, 2.05) is 24.3 Å². The molecule has 0 saturated carbocycles. The zero-order chi connectivity index (χ0) is 19.8. The molecule has 0 atom stereocenters. The van der Waals surface area contributed by atoms with Gasteiger partial charge in [-0.3, -0.25) is 4.99 Å². The molecule has 3 rings (SSSR count). The smallest absolute Gasteiger partial charge is 0.195 e. The third-order valence-corrected chi connectivity index (χ3v) is 4.44. The van der Waals surface area contributed by atoms with Crippen LogP contribution in [-0.2, 0) is 6.42 Å². The van der Waals surface area contributed by atoms with Crippen molar-refractivity contribution < 1.29 is 14.2 Å². The molecule has 0 amide bonds. The van der Waals surface area contributed by atoms with Gasteiger partial charge in [0.1, 0.15) is 5.75 Å². The molecule has 28 heavy (non-hydrogen) atoms. The average Bonchev–Trinajstić information content (AvgIpc) is 2.93. The lowest BCUT2D eigenvalue weighted by Crippen LogP contribution is -2.30. The third-order valence-electron chi connectivity index (χ3n) is 4.44. The molecule has 6 nitrogen and oxygen atoms in total. The number of nitrogens with one attached hydrogen (secondary N) is 2. The van der Waals surface area contributed by atoms with Crippen LogP contribution in [0.15, 0.2) is 41.4 Å². The summed E-state index contributed by atoms with van der Waals surface area (Å²) in [6.45, 7) is 6.93. The number of ether oxygens (including phenoxy) is 3. The number of aliphatic imine (C=N–C) groups is 1. The number of hydrogen-bond acceptors (Lipinski definition) is 4. The van der Waals surface area contributed by atoms with E-state index in [0.29, 0.717) is 19.8 Å². The number of hydrogen-bond donors (Lipinski definition) is 2. The van der Waals surface area contributed by atoms with Crippen molar-refractivity contribution >= 4 is 11.6 Å². The molecule has 0 unspecified atom stereocenters. The summed E-state index contributed by atoms with van der Waals surface area (Å²) in [6, 6.07) is 12.1. The second kappa shape index (κ2) is 9.88. The Labute approximate surface area is 166 Å². The van der Waals surface area contributed by atoms with Crippen molar-refractivity contribution in [1.29, 1.82) is 0 Å². The van der Waals surface area contributed by atoms with Gasteiger partial charge in [-0.05, 0) is 44.0 Å². The van der Waals surface area contributed by atoms with Gasteiger partial charge >= 0.3 is 0 Å². The van der Waals surface area contributed by atoms with Crippen LogP contribution in [-0.4, -0.2) is 39.4 Å². The lowest BCUT2D eigenvalue weighted by atomic mass is 10.1. The van der Waals surface area contributed by atoms with Gasteiger partial charge in [0.25, 0.3) is 0 Å². The molecule has 0 radical (unpaired) electrons. The van der Waals surface area contributed by atoms with Crippen LogP contribution in [0.2, 0.25) is 0 Å². The van der Waals surface area contributed by atoms with Crippen molar-refractivity contribution in [2.24, 2.45) is 4.99 Å². The summed E-state index contributed by atoms with van der Waals surface area (Å²) in [4.78, 5) is 4.71. The number of fused-ring (bicyclic) bond motifs is 1. The zero-order valence-corrected chi connectivity index (χ0v) is 16.9. The summed E-state index contributed by atoms with van der Waals surface area (Å²) in [5.74, 6) is 3.20. The van der Waals surface area contributed by atoms with E-state index in [-0.39, 0.29) is 0 Å². The van der Waals surface area contributed by atoms with Gasteiger partial charge in [0.05, 0.1) is 20.3 Å². The Balaban J connectivity index is 1.68. The summed E-state index contributed by atoms with van der Waals surface area (Å²) in [5.41, 5.74) is 3.30. The van der Waals surface area contributed by atoms with E-state index in [2.05, 4.69) is 36.6 Å². The Morgan fingerprint density at radius 1 is 1.11 bits per heavy atom. The maximum absolute atomic E-state index is 5.77. The maximum Gasteiger partial charge on any atom is 0.195 e. The first-order valence-corrected chi connectivity index (χ1v) is 9.78. The maximum atomic E-state index is 5.77. The zero-order valence-electron chi connectivity index (χ0n) is 16.9. The number of aryl methyl sites for hydroxylation is 1. The molecule has 2 aromatic carbocycles. The van der Waals surface area contributed by atoms with Crippen LogP contribution in [0.25, 0.3) is 0 Å². The lowest BCUT2D eigenvalue weighted by Gasteiger charge is -2.14. The first-order chi connectivity index (χ1) is 13.7. The minimum atomic E-state index is 0.652. The molecule has 2 N–H and O–H groups in total. The fourth-order valence-electron chi connectivity index (χ4n) is 3.08. The van der Waals surface area contributed by atoms with Crippen molar-refractivity contribution in [3.63, 3.8) is 0 Å². The monoisotopic (exact) mass is 383 g/mol. The van der Waals surface area contributed by atoms with Crippen LogP contribution in [0.3, 0.4) is 0 Å². The molecular weight excluding hydrogens is 354 g/mol. The van der Waals surface area contributed by atoms with E-state index in [1.165, 1.54) is 5.56 Å². The highest BCUT2D eigenvalue weighted by Gasteiger charge is 2.11. The number of nitrogens with zero attached hydrogens (tertiary/aromatic N) is 1. The Morgan fingerprint density at radius 2 is 1.93 bits per heavy atom. The van der Waals surface area contributed by atoms with Crippen LogP contribution in [0.5, 0.6) is 17.2 Å². The molecule has 150 valence electrons. The fraction of sp³-hybridized carbons (Fsp3) is 0.409. The first-order valence-electron chi connectivity index (χ1n) is 9.78. The number of guanidine groups is 1. The number of methoxy groups -OCH3 is 1. The third kappa shape index (κ3) is 5.31. The van der Waals surface area contributed by atoms with Crippen molar-refractivity contribution in [2.75, 3.05) is 38.7 Å². The quantitative estimate of drug-likeness (QED) is 0.587. The number of rotatable bonds is 6. The normalized spacial score (nSPS) is 13.6. The van der Waals surface area contributed by atoms with Gasteiger partial charge in [-0.25, -0.2) is 0 Å². The Hall–Kier alpha value is -2.89. The van der Waals surface area contributed by atoms with E-state index in [9.17, 15) is 0 Å². The first kappa shape index (κ1) is 19.9. The highest BCUT2D eigenvalue weighted by molar-refractivity contribution is 5.93. The van der Waals surface area contributed by atoms with Crippen LogP contribution >= 0.6 is 0 Å². The lowest BCUT2D eigenvalue weighted by molar-refractivity contribution is 0.297. The largest absolute Gasteiger partial charge is 0.496 e.